The van der Waals surface area contributed by atoms with Crippen molar-refractivity contribution in [2.75, 3.05) is 0 Å². The fraction of sp³-hybridized carbons (Fsp3) is 0.875. The summed E-state index contributed by atoms with van der Waals surface area (Å²) in [6, 6.07) is -0.269. The molecule has 1 saturated heterocycles. The van der Waals surface area contributed by atoms with Crippen molar-refractivity contribution < 1.29 is 9.59 Å². The lowest BCUT2D eigenvalue weighted by Crippen LogP contribution is -2.75. The normalized spacial score (nSPS) is 36.5. The Morgan fingerprint density at radius 2 is 1.90 bits per heavy atom. The second-order valence-electron chi connectivity index (χ2n) is 7.00. The van der Waals surface area contributed by atoms with E-state index in [4.69, 9.17) is 0 Å². The number of hydrogen-bond donors (Lipinski definition) is 1. The molecule has 3 fully saturated rings. The average Bonchev–Trinajstić information content (AvgIpc) is 3.19. The van der Waals surface area contributed by atoms with Gasteiger partial charge in [-0.25, -0.2) is 0 Å². The Labute approximate surface area is 121 Å². The van der Waals surface area contributed by atoms with Crippen LogP contribution in [-0.2, 0) is 9.59 Å². The van der Waals surface area contributed by atoms with Crippen LogP contribution >= 0.6 is 0 Å². The maximum Gasteiger partial charge on any atom is 0.249 e. The Bertz CT molecular complexity index is 434. The molecule has 1 heterocycles. The second kappa shape index (κ2) is 4.47. The Hall–Kier alpha value is -1.06. The summed E-state index contributed by atoms with van der Waals surface area (Å²) in [5.74, 6) is 0.572. The first kappa shape index (κ1) is 13.9. The Kier molecular flexibility index (Phi) is 3.11. The molecule has 0 bridgehead atoms. The number of hydrogen-bond acceptors (Lipinski definition) is 2. The van der Waals surface area contributed by atoms with E-state index in [1.54, 1.807) is 0 Å². The molecule has 2 aliphatic carbocycles. The van der Waals surface area contributed by atoms with E-state index < -0.39 is 5.54 Å². The Morgan fingerprint density at radius 3 is 2.30 bits per heavy atom. The number of amides is 2. The molecule has 1 aliphatic heterocycles. The molecule has 3 rings (SSSR count). The lowest BCUT2D eigenvalue weighted by molar-refractivity contribution is -0.168. The van der Waals surface area contributed by atoms with E-state index in [2.05, 4.69) is 12.2 Å². The number of carbonyl (C=O) groups is 2. The zero-order chi connectivity index (χ0) is 14.5. The van der Waals surface area contributed by atoms with Crippen LogP contribution in [0.4, 0.5) is 0 Å². The van der Waals surface area contributed by atoms with E-state index in [9.17, 15) is 9.59 Å². The average molecular weight is 278 g/mol. The maximum absolute atomic E-state index is 13.2. The highest BCUT2D eigenvalue weighted by Gasteiger charge is 2.59. The van der Waals surface area contributed by atoms with E-state index in [0.29, 0.717) is 12.3 Å². The van der Waals surface area contributed by atoms with Crippen molar-refractivity contribution in [3.63, 3.8) is 0 Å². The van der Waals surface area contributed by atoms with Crippen molar-refractivity contribution in [3.05, 3.63) is 0 Å². The molecule has 0 spiro atoms. The summed E-state index contributed by atoms with van der Waals surface area (Å²) in [6.07, 6.45) is 7.08. The van der Waals surface area contributed by atoms with E-state index in [1.807, 2.05) is 18.7 Å². The summed E-state index contributed by atoms with van der Waals surface area (Å²) >= 11 is 0. The first-order valence-electron chi connectivity index (χ1n) is 8.14. The number of nitrogens with zero attached hydrogens (tertiary/aromatic N) is 1. The molecule has 1 N–H and O–H groups in total. The van der Waals surface area contributed by atoms with Crippen LogP contribution in [0.1, 0.15) is 65.7 Å². The molecule has 112 valence electrons. The molecular formula is C16H26N2O2. The fourth-order valence-electron chi connectivity index (χ4n) is 4.10. The van der Waals surface area contributed by atoms with Crippen LogP contribution < -0.4 is 5.32 Å². The van der Waals surface area contributed by atoms with Gasteiger partial charge in [0.05, 0.1) is 0 Å². The standard InChI is InChI=1S/C16H26N2O2/c1-4-12-13(19)17-15(3,11-7-8-11)14(20)18(12)16(5-2)9-6-10-16/h11-12H,4-10H2,1-3H3,(H,17,19). The lowest BCUT2D eigenvalue weighted by Gasteiger charge is -2.57. The number of nitrogens with one attached hydrogen (secondary N) is 1. The van der Waals surface area contributed by atoms with Gasteiger partial charge in [-0.05, 0) is 57.8 Å². The predicted molar refractivity (Wildman–Crippen MR) is 77.1 cm³/mol. The highest BCUT2D eigenvalue weighted by Crippen LogP contribution is 2.48. The van der Waals surface area contributed by atoms with Gasteiger partial charge in [-0.3, -0.25) is 9.59 Å². The summed E-state index contributed by atoms with van der Waals surface area (Å²) in [7, 11) is 0. The first-order chi connectivity index (χ1) is 9.48. The fourth-order valence-corrected chi connectivity index (χ4v) is 4.10. The molecular weight excluding hydrogens is 252 g/mol. The summed E-state index contributed by atoms with van der Waals surface area (Å²) in [4.78, 5) is 27.7. The second-order valence-corrected chi connectivity index (χ2v) is 7.00. The molecule has 0 aromatic rings. The molecule has 0 aromatic carbocycles. The third kappa shape index (κ3) is 1.73. The Morgan fingerprint density at radius 1 is 1.25 bits per heavy atom. The van der Waals surface area contributed by atoms with E-state index in [0.717, 1.165) is 32.1 Å². The van der Waals surface area contributed by atoms with Gasteiger partial charge in [-0.15, -0.1) is 0 Å². The molecule has 2 saturated carbocycles. The molecule has 3 aliphatic rings. The van der Waals surface area contributed by atoms with Crippen molar-refractivity contribution in [3.8, 4) is 0 Å². The van der Waals surface area contributed by atoms with Gasteiger partial charge in [-0.1, -0.05) is 13.8 Å². The third-order valence-electron chi connectivity index (χ3n) is 5.89. The van der Waals surface area contributed by atoms with Gasteiger partial charge < -0.3 is 10.2 Å². The molecule has 4 nitrogen and oxygen atoms in total. The zero-order valence-corrected chi connectivity index (χ0v) is 12.9. The maximum atomic E-state index is 13.2. The van der Waals surface area contributed by atoms with Gasteiger partial charge in [0.15, 0.2) is 0 Å². The van der Waals surface area contributed by atoms with Gasteiger partial charge in [0.1, 0.15) is 11.6 Å². The number of rotatable bonds is 4. The first-order valence-corrected chi connectivity index (χ1v) is 8.14. The van der Waals surface area contributed by atoms with Crippen LogP contribution in [0.5, 0.6) is 0 Å². The highest BCUT2D eigenvalue weighted by atomic mass is 16.2. The van der Waals surface area contributed by atoms with Crippen LogP contribution in [0.15, 0.2) is 0 Å². The van der Waals surface area contributed by atoms with E-state index in [1.165, 1.54) is 6.42 Å². The largest absolute Gasteiger partial charge is 0.340 e. The van der Waals surface area contributed by atoms with Crippen LogP contribution in [0.2, 0.25) is 0 Å². The van der Waals surface area contributed by atoms with Crippen LogP contribution in [-0.4, -0.2) is 33.8 Å². The topological polar surface area (TPSA) is 49.4 Å². The monoisotopic (exact) mass is 278 g/mol. The van der Waals surface area contributed by atoms with Crippen molar-refractivity contribution in [1.82, 2.24) is 10.2 Å². The number of piperazine rings is 1. The van der Waals surface area contributed by atoms with Gasteiger partial charge in [0.25, 0.3) is 0 Å². The summed E-state index contributed by atoms with van der Waals surface area (Å²) in [5, 5.41) is 3.05. The third-order valence-corrected chi connectivity index (χ3v) is 5.89. The van der Waals surface area contributed by atoms with Gasteiger partial charge >= 0.3 is 0 Å². The van der Waals surface area contributed by atoms with Crippen LogP contribution in [0.25, 0.3) is 0 Å². The zero-order valence-electron chi connectivity index (χ0n) is 12.9. The smallest absolute Gasteiger partial charge is 0.249 e. The highest BCUT2D eigenvalue weighted by molar-refractivity contribution is 6.00. The minimum absolute atomic E-state index is 0.0499. The van der Waals surface area contributed by atoms with Crippen molar-refractivity contribution in [1.29, 1.82) is 0 Å². The lowest BCUT2D eigenvalue weighted by atomic mass is 9.70. The number of carbonyl (C=O) groups excluding carboxylic acids is 2. The SMILES string of the molecule is CCC1C(=O)NC(C)(C2CC2)C(=O)N1C1(CC)CCC1. The van der Waals surface area contributed by atoms with E-state index >= 15 is 0 Å². The van der Waals surface area contributed by atoms with Crippen LogP contribution in [0.3, 0.4) is 0 Å². The Balaban J connectivity index is 1.98. The molecule has 2 atom stereocenters. The minimum atomic E-state index is -0.652. The van der Waals surface area contributed by atoms with Crippen LogP contribution in [0, 0.1) is 5.92 Å². The quantitative estimate of drug-likeness (QED) is 0.857. The molecule has 0 aromatic heterocycles. The van der Waals surface area contributed by atoms with Gasteiger partial charge in [0, 0.05) is 5.54 Å². The molecule has 20 heavy (non-hydrogen) atoms. The van der Waals surface area contributed by atoms with Crippen molar-refractivity contribution in [2.45, 2.75) is 82.8 Å². The minimum Gasteiger partial charge on any atom is -0.340 e. The molecule has 0 radical (unpaired) electrons. The molecule has 4 heteroatoms. The molecule has 2 amide bonds. The summed E-state index contributed by atoms with van der Waals surface area (Å²) < 4.78 is 0. The van der Waals surface area contributed by atoms with Gasteiger partial charge in [-0.2, -0.15) is 0 Å². The predicted octanol–water partition coefficient (Wildman–Crippen LogP) is 2.22. The summed E-state index contributed by atoms with van der Waals surface area (Å²) in [6.45, 7) is 6.10. The van der Waals surface area contributed by atoms with Crippen molar-refractivity contribution in [2.24, 2.45) is 5.92 Å². The van der Waals surface area contributed by atoms with Crippen molar-refractivity contribution >= 4 is 11.8 Å². The molecule has 2 unspecified atom stereocenters. The van der Waals surface area contributed by atoms with Gasteiger partial charge in [0.2, 0.25) is 11.8 Å². The van der Waals surface area contributed by atoms with E-state index in [-0.39, 0.29) is 23.4 Å². The summed E-state index contributed by atoms with van der Waals surface area (Å²) in [5.41, 5.74) is -0.702.